The van der Waals surface area contributed by atoms with Gasteiger partial charge in [0.05, 0.1) is 16.5 Å². The van der Waals surface area contributed by atoms with E-state index in [9.17, 15) is 27.2 Å². The van der Waals surface area contributed by atoms with Gasteiger partial charge in [-0.05, 0) is 51.1 Å². The summed E-state index contributed by atoms with van der Waals surface area (Å²) in [6.07, 6.45) is -2.92. The van der Waals surface area contributed by atoms with Crippen LogP contribution < -0.4 is 11.1 Å². The molecule has 3 N–H and O–H groups in total. The van der Waals surface area contributed by atoms with Crippen LogP contribution in [0.5, 0.6) is 0 Å². The molecule has 1 saturated carbocycles. The summed E-state index contributed by atoms with van der Waals surface area (Å²) in [4.78, 5) is 30.1. The molecule has 3 rings (SSSR count). The third kappa shape index (κ3) is 5.70. The Bertz CT molecular complexity index is 991. The van der Waals surface area contributed by atoms with Gasteiger partial charge in [-0.25, -0.2) is 4.39 Å². The van der Waals surface area contributed by atoms with Crippen molar-refractivity contribution in [3.63, 3.8) is 0 Å². The highest BCUT2D eigenvalue weighted by atomic mass is 32.1. The van der Waals surface area contributed by atoms with Gasteiger partial charge in [0.1, 0.15) is 5.82 Å². The van der Waals surface area contributed by atoms with Crippen molar-refractivity contribution < 1.29 is 27.2 Å². The van der Waals surface area contributed by atoms with Crippen molar-refractivity contribution in [3.8, 4) is 0 Å². The lowest BCUT2D eigenvalue weighted by molar-refractivity contribution is -0.194. The minimum Gasteiger partial charge on any atom is -0.366 e. The quantitative estimate of drug-likeness (QED) is 0.504. The molecule has 11 heteroatoms. The second kappa shape index (κ2) is 9.76. The molecule has 180 valence electrons. The van der Waals surface area contributed by atoms with Crippen LogP contribution in [0.3, 0.4) is 0 Å². The summed E-state index contributed by atoms with van der Waals surface area (Å²) in [6.45, 7) is 0.166. The first-order chi connectivity index (χ1) is 15.4. The Morgan fingerprint density at radius 2 is 2.00 bits per heavy atom. The lowest BCUT2D eigenvalue weighted by Gasteiger charge is -2.29. The summed E-state index contributed by atoms with van der Waals surface area (Å²) in [7, 11) is 3.57. The zero-order valence-corrected chi connectivity index (χ0v) is 19.1. The molecule has 2 atom stereocenters. The van der Waals surface area contributed by atoms with E-state index < -0.39 is 35.1 Å². The molecular formula is C22H26F4N4O2S. The number of halogens is 4. The van der Waals surface area contributed by atoms with Crippen LogP contribution in [0.1, 0.15) is 46.0 Å². The molecule has 0 bridgehead atoms. The highest BCUT2D eigenvalue weighted by molar-refractivity contribution is 7.09. The van der Waals surface area contributed by atoms with E-state index in [0.29, 0.717) is 16.9 Å². The minimum atomic E-state index is -4.39. The molecule has 0 spiro atoms. The number of benzene rings is 1. The average molecular weight is 487 g/mol. The highest BCUT2D eigenvalue weighted by Crippen LogP contribution is 2.66. The number of hydrogen-bond donors (Lipinski definition) is 2. The van der Waals surface area contributed by atoms with Crippen molar-refractivity contribution in [2.75, 3.05) is 20.6 Å². The number of thiazole rings is 1. The van der Waals surface area contributed by atoms with Gasteiger partial charge in [0.2, 0.25) is 5.91 Å². The van der Waals surface area contributed by atoms with Crippen molar-refractivity contribution in [1.29, 1.82) is 0 Å². The number of primary amides is 1. The molecule has 1 aliphatic carbocycles. The van der Waals surface area contributed by atoms with E-state index in [-0.39, 0.29) is 37.4 Å². The van der Waals surface area contributed by atoms with E-state index in [1.165, 1.54) is 23.8 Å². The van der Waals surface area contributed by atoms with E-state index in [2.05, 4.69) is 10.3 Å². The number of aromatic nitrogens is 1. The number of carbonyl (C=O) groups excluding carboxylic acids is 2. The molecule has 2 unspecified atom stereocenters. The normalized spacial score (nSPS) is 16.9. The highest BCUT2D eigenvalue weighted by Gasteiger charge is 2.67. The molecule has 1 heterocycles. The molecule has 1 aromatic heterocycles. The predicted molar refractivity (Wildman–Crippen MR) is 116 cm³/mol. The van der Waals surface area contributed by atoms with Crippen LogP contribution in [-0.4, -0.2) is 54.6 Å². The molecule has 1 aromatic carbocycles. The fraction of sp³-hybridized carbons (Fsp3) is 0.500. The smallest absolute Gasteiger partial charge is 0.366 e. The first kappa shape index (κ1) is 25.1. The third-order valence-electron chi connectivity index (χ3n) is 6.24. The number of hydrogen-bond acceptors (Lipinski definition) is 5. The second-order valence-corrected chi connectivity index (χ2v) is 9.54. The van der Waals surface area contributed by atoms with E-state index >= 15 is 0 Å². The molecule has 6 nitrogen and oxygen atoms in total. The van der Waals surface area contributed by atoms with Gasteiger partial charge in [-0.2, -0.15) is 13.2 Å². The maximum atomic E-state index is 14.1. The number of carbonyl (C=O) groups is 2. The van der Waals surface area contributed by atoms with Gasteiger partial charge in [0, 0.05) is 36.0 Å². The first-order valence-electron chi connectivity index (χ1n) is 10.4. The Morgan fingerprint density at radius 3 is 2.48 bits per heavy atom. The molecule has 2 aromatic rings. The van der Waals surface area contributed by atoms with Crippen LogP contribution in [0, 0.1) is 11.2 Å². The molecule has 33 heavy (non-hydrogen) atoms. The standard InChI is InChI=1S/C22H26F4N4O2S/c1-30(2)14(7-13-3-4-15(20(27)32)17(23)8-13)10-29-19(31)9-16(18-11-28-12-33-18)21(5-6-21)22(24,25)26/h3-4,8,11-12,14,16H,5-7,9-10H2,1-2H3,(H2,27,32)(H,29,31). The molecular weight excluding hydrogens is 460 g/mol. The molecule has 2 amide bonds. The lowest BCUT2D eigenvalue weighted by Crippen LogP contribution is -2.42. The van der Waals surface area contributed by atoms with Crippen LogP contribution in [0.15, 0.2) is 29.9 Å². The monoisotopic (exact) mass is 486 g/mol. The van der Waals surface area contributed by atoms with Crippen molar-refractivity contribution in [2.24, 2.45) is 11.1 Å². The molecule has 0 radical (unpaired) electrons. The van der Waals surface area contributed by atoms with Crippen LogP contribution in [0.25, 0.3) is 0 Å². The van der Waals surface area contributed by atoms with Gasteiger partial charge in [0.15, 0.2) is 0 Å². The van der Waals surface area contributed by atoms with Gasteiger partial charge in [-0.15, -0.1) is 11.3 Å². The topological polar surface area (TPSA) is 88.3 Å². The van der Waals surface area contributed by atoms with Crippen molar-refractivity contribution in [1.82, 2.24) is 15.2 Å². The van der Waals surface area contributed by atoms with Crippen molar-refractivity contribution >= 4 is 23.2 Å². The van der Waals surface area contributed by atoms with Gasteiger partial charge in [-0.1, -0.05) is 6.07 Å². The average Bonchev–Trinajstić information content (AvgIpc) is 3.36. The fourth-order valence-corrected chi connectivity index (χ4v) is 4.85. The van der Waals surface area contributed by atoms with Gasteiger partial charge in [0.25, 0.3) is 5.91 Å². The summed E-state index contributed by atoms with van der Waals surface area (Å²) in [5.41, 5.74) is 5.11. The number of amides is 2. The molecule has 1 fully saturated rings. The molecule has 0 saturated heterocycles. The Labute approximate surface area is 193 Å². The maximum Gasteiger partial charge on any atom is 0.395 e. The summed E-state index contributed by atoms with van der Waals surface area (Å²) in [6, 6.07) is 3.87. The maximum absolute atomic E-state index is 14.1. The van der Waals surface area contributed by atoms with Crippen LogP contribution in [0.2, 0.25) is 0 Å². The number of alkyl halides is 3. The number of nitrogens with one attached hydrogen (secondary N) is 1. The largest absolute Gasteiger partial charge is 0.395 e. The number of rotatable bonds is 10. The summed E-state index contributed by atoms with van der Waals surface area (Å²) >= 11 is 1.12. The third-order valence-corrected chi connectivity index (χ3v) is 7.13. The second-order valence-electron chi connectivity index (χ2n) is 8.62. The van der Waals surface area contributed by atoms with Crippen LogP contribution >= 0.6 is 11.3 Å². The van der Waals surface area contributed by atoms with Crippen LogP contribution in [-0.2, 0) is 11.2 Å². The molecule has 1 aliphatic rings. The fourth-order valence-electron chi connectivity index (χ4n) is 4.01. The van der Waals surface area contributed by atoms with E-state index in [0.717, 1.165) is 11.3 Å². The summed E-state index contributed by atoms with van der Waals surface area (Å²) < 4.78 is 55.3. The number of nitrogens with zero attached hydrogens (tertiary/aromatic N) is 2. The number of nitrogens with two attached hydrogens (primary N) is 1. The van der Waals surface area contributed by atoms with Crippen molar-refractivity contribution in [3.05, 3.63) is 51.7 Å². The Hall–Kier alpha value is -2.53. The Balaban J connectivity index is 1.66. The minimum absolute atomic E-state index is 0.000465. The summed E-state index contributed by atoms with van der Waals surface area (Å²) in [5, 5.41) is 2.74. The lowest BCUT2D eigenvalue weighted by atomic mass is 9.84. The van der Waals surface area contributed by atoms with Gasteiger partial charge < -0.3 is 16.0 Å². The molecule has 0 aliphatic heterocycles. The van der Waals surface area contributed by atoms with E-state index in [1.54, 1.807) is 20.2 Å². The van der Waals surface area contributed by atoms with E-state index in [4.69, 9.17) is 5.73 Å². The van der Waals surface area contributed by atoms with Crippen molar-refractivity contribution in [2.45, 2.75) is 43.8 Å². The van der Waals surface area contributed by atoms with Gasteiger partial charge >= 0.3 is 6.18 Å². The number of likely N-dealkylation sites (N-methyl/N-ethyl adjacent to an activating group) is 1. The van der Waals surface area contributed by atoms with E-state index in [1.807, 2.05) is 4.90 Å². The zero-order chi connectivity index (χ0) is 24.4. The van der Waals surface area contributed by atoms with Crippen LogP contribution in [0.4, 0.5) is 17.6 Å². The van der Waals surface area contributed by atoms with Gasteiger partial charge in [-0.3, -0.25) is 14.6 Å². The predicted octanol–water partition coefficient (Wildman–Crippen LogP) is 3.49. The Kier molecular flexibility index (Phi) is 7.42. The first-order valence-corrected chi connectivity index (χ1v) is 11.3. The summed E-state index contributed by atoms with van der Waals surface area (Å²) in [5.74, 6) is -3.04. The Morgan fingerprint density at radius 1 is 1.30 bits per heavy atom. The zero-order valence-electron chi connectivity index (χ0n) is 18.3. The SMILES string of the molecule is CN(C)C(CNC(=O)CC(c1cncs1)C1(C(F)(F)F)CC1)Cc1ccc(C(N)=O)c(F)c1.